The fourth-order valence-electron chi connectivity index (χ4n) is 3.06. The molecule has 4 nitrogen and oxygen atoms in total. The maximum Gasteiger partial charge on any atom is 0.196 e. The molecule has 5 heteroatoms. The summed E-state index contributed by atoms with van der Waals surface area (Å²) in [6, 6.07) is 18.7. The van der Waals surface area contributed by atoms with E-state index in [2.05, 4.69) is 70.9 Å². The zero-order valence-corrected chi connectivity index (χ0v) is 15.2. The highest BCUT2D eigenvalue weighted by atomic mass is 32.2. The minimum Gasteiger partial charge on any atom is -0.497 e. The number of hydrogen-bond donors (Lipinski definition) is 0. The van der Waals surface area contributed by atoms with E-state index in [-0.39, 0.29) is 5.25 Å². The van der Waals surface area contributed by atoms with Crippen molar-refractivity contribution in [1.82, 2.24) is 14.6 Å². The Morgan fingerprint density at radius 3 is 2.60 bits per heavy atom. The van der Waals surface area contributed by atoms with Gasteiger partial charge in [-0.15, -0.1) is 10.2 Å². The highest BCUT2D eigenvalue weighted by Gasteiger charge is 2.16. The van der Waals surface area contributed by atoms with Gasteiger partial charge in [-0.3, -0.25) is 4.40 Å². The monoisotopic (exact) mass is 349 g/mol. The summed E-state index contributed by atoms with van der Waals surface area (Å²) in [6.45, 7) is 4.29. The maximum absolute atomic E-state index is 5.42. The first kappa shape index (κ1) is 16.0. The zero-order chi connectivity index (χ0) is 17.4. The number of rotatable bonds is 4. The largest absolute Gasteiger partial charge is 0.497 e. The molecule has 4 aromatic rings. The van der Waals surface area contributed by atoms with Crippen molar-refractivity contribution in [2.24, 2.45) is 0 Å². The van der Waals surface area contributed by atoms with Gasteiger partial charge in [-0.05, 0) is 43.2 Å². The third kappa shape index (κ3) is 2.85. The van der Waals surface area contributed by atoms with Crippen molar-refractivity contribution in [1.29, 1.82) is 0 Å². The molecule has 0 aliphatic rings. The number of aryl methyl sites for hydroxylation is 1. The number of fused-ring (bicyclic) bond motifs is 3. The molecule has 0 saturated heterocycles. The average Bonchev–Trinajstić information content (AvgIpc) is 3.04. The quantitative estimate of drug-likeness (QED) is 0.483. The van der Waals surface area contributed by atoms with Crippen LogP contribution in [-0.2, 0) is 0 Å². The summed E-state index contributed by atoms with van der Waals surface area (Å²) in [5.74, 6) is 0.833. The lowest BCUT2D eigenvalue weighted by Crippen LogP contribution is -1.96. The second-order valence-corrected chi connectivity index (χ2v) is 7.37. The van der Waals surface area contributed by atoms with Crippen LogP contribution in [0, 0.1) is 6.92 Å². The zero-order valence-electron chi connectivity index (χ0n) is 14.4. The normalized spacial score (nSPS) is 12.6. The molecule has 126 valence electrons. The van der Waals surface area contributed by atoms with Crippen LogP contribution in [0.3, 0.4) is 0 Å². The molecular formula is C20H19N3OS. The molecule has 1 atom stereocenters. The summed E-state index contributed by atoms with van der Waals surface area (Å²) in [5.41, 5.74) is 4.39. The number of ether oxygens (including phenoxy) is 1. The van der Waals surface area contributed by atoms with E-state index in [0.29, 0.717) is 0 Å². The number of pyridine rings is 1. The van der Waals surface area contributed by atoms with E-state index >= 15 is 0 Å². The van der Waals surface area contributed by atoms with Gasteiger partial charge in [-0.1, -0.05) is 42.1 Å². The Labute approximate surface area is 150 Å². The summed E-state index contributed by atoms with van der Waals surface area (Å²) in [7, 11) is 1.69. The number of methoxy groups -OCH3 is 1. The lowest BCUT2D eigenvalue weighted by atomic mass is 10.1. The number of thioether (sulfide) groups is 1. The Morgan fingerprint density at radius 1 is 1.04 bits per heavy atom. The van der Waals surface area contributed by atoms with Crippen LogP contribution in [0.15, 0.2) is 59.8 Å². The molecule has 0 amide bonds. The predicted molar refractivity (Wildman–Crippen MR) is 102 cm³/mol. The Balaban J connectivity index is 1.86. The molecular weight excluding hydrogens is 330 g/mol. The Kier molecular flexibility index (Phi) is 4.09. The van der Waals surface area contributed by atoms with Crippen LogP contribution in [0.4, 0.5) is 0 Å². The van der Waals surface area contributed by atoms with Crippen LogP contribution < -0.4 is 4.74 Å². The summed E-state index contributed by atoms with van der Waals surface area (Å²) < 4.78 is 7.54. The van der Waals surface area contributed by atoms with Gasteiger partial charge in [-0.2, -0.15) is 0 Å². The van der Waals surface area contributed by atoms with Crippen LogP contribution >= 0.6 is 11.8 Å². The summed E-state index contributed by atoms with van der Waals surface area (Å²) in [5, 5.41) is 11.2. The molecule has 25 heavy (non-hydrogen) atoms. The molecule has 4 rings (SSSR count). The van der Waals surface area contributed by atoms with Gasteiger partial charge in [-0.25, -0.2) is 0 Å². The van der Waals surface area contributed by atoms with Gasteiger partial charge >= 0.3 is 0 Å². The molecule has 0 aliphatic carbocycles. The van der Waals surface area contributed by atoms with Crippen LogP contribution in [0.5, 0.6) is 5.75 Å². The van der Waals surface area contributed by atoms with Crippen LogP contribution in [0.25, 0.3) is 16.6 Å². The number of aromatic nitrogens is 3. The smallest absolute Gasteiger partial charge is 0.196 e. The molecule has 2 heterocycles. The van der Waals surface area contributed by atoms with Crippen molar-refractivity contribution in [2.45, 2.75) is 24.3 Å². The first-order valence-electron chi connectivity index (χ1n) is 8.21. The van der Waals surface area contributed by atoms with Crippen LogP contribution in [-0.4, -0.2) is 21.7 Å². The minimum absolute atomic E-state index is 0.288. The molecule has 0 bridgehead atoms. The molecule has 0 N–H and O–H groups in total. The van der Waals surface area contributed by atoms with Crippen molar-refractivity contribution in [3.8, 4) is 5.75 Å². The van der Waals surface area contributed by atoms with Crippen LogP contribution in [0.1, 0.15) is 23.3 Å². The summed E-state index contributed by atoms with van der Waals surface area (Å²) in [6.07, 6.45) is 0. The average molecular weight is 349 g/mol. The fraction of sp³-hybridized carbons (Fsp3) is 0.200. The molecule has 0 fully saturated rings. The molecule has 1 unspecified atom stereocenters. The van der Waals surface area contributed by atoms with E-state index in [9.17, 15) is 0 Å². The summed E-state index contributed by atoms with van der Waals surface area (Å²) in [4.78, 5) is 0. The van der Waals surface area contributed by atoms with Crippen molar-refractivity contribution in [2.75, 3.05) is 7.11 Å². The highest BCUT2D eigenvalue weighted by Crippen LogP contribution is 2.36. The Hall–Kier alpha value is -2.53. The highest BCUT2D eigenvalue weighted by molar-refractivity contribution is 7.99. The van der Waals surface area contributed by atoms with E-state index in [1.165, 1.54) is 16.5 Å². The molecule has 2 aromatic carbocycles. The first-order valence-corrected chi connectivity index (χ1v) is 9.09. The topological polar surface area (TPSA) is 39.4 Å². The minimum atomic E-state index is 0.288. The lowest BCUT2D eigenvalue weighted by Gasteiger charge is -2.12. The second-order valence-electron chi connectivity index (χ2n) is 6.06. The number of nitrogens with zero attached hydrogens (tertiary/aromatic N) is 3. The van der Waals surface area contributed by atoms with Gasteiger partial charge < -0.3 is 4.74 Å². The van der Waals surface area contributed by atoms with E-state index < -0.39 is 0 Å². The first-order chi connectivity index (χ1) is 12.2. The Bertz CT molecular complexity index is 1040. The van der Waals surface area contributed by atoms with Gasteiger partial charge in [0.25, 0.3) is 0 Å². The van der Waals surface area contributed by atoms with Crippen molar-refractivity contribution < 1.29 is 4.74 Å². The molecule has 0 aliphatic heterocycles. The van der Waals surface area contributed by atoms with Crippen molar-refractivity contribution in [3.05, 3.63) is 65.7 Å². The van der Waals surface area contributed by atoms with E-state index in [4.69, 9.17) is 4.74 Å². The Morgan fingerprint density at radius 2 is 1.84 bits per heavy atom. The van der Waals surface area contributed by atoms with E-state index in [1.54, 1.807) is 18.9 Å². The number of hydrogen-bond acceptors (Lipinski definition) is 4. The SMILES string of the molecule is COc1ccc2c(C)cc3nnc(SC(C)c4ccccc4)n3c2c1. The van der Waals surface area contributed by atoms with Crippen molar-refractivity contribution >= 4 is 28.3 Å². The number of benzene rings is 2. The van der Waals surface area contributed by atoms with Gasteiger partial charge in [0.1, 0.15) is 5.75 Å². The molecule has 0 saturated carbocycles. The van der Waals surface area contributed by atoms with Gasteiger partial charge in [0, 0.05) is 16.7 Å². The standard InChI is InChI=1S/C20H19N3OS/c1-13-11-19-21-22-20(25-14(2)15-7-5-4-6-8-15)23(19)18-12-16(24-3)9-10-17(13)18/h4-12,14H,1-3H3. The second kappa shape index (κ2) is 6.41. The van der Waals surface area contributed by atoms with Gasteiger partial charge in [0.2, 0.25) is 0 Å². The maximum atomic E-state index is 5.42. The predicted octanol–water partition coefficient (Wildman–Crippen LogP) is 5.05. The van der Waals surface area contributed by atoms with Gasteiger partial charge in [0.15, 0.2) is 10.8 Å². The summed E-state index contributed by atoms with van der Waals surface area (Å²) >= 11 is 1.72. The third-order valence-electron chi connectivity index (χ3n) is 4.43. The molecule has 0 spiro atoms. The third-order valence-corrected chi connectivity index (χ3v) is 5.53. The van der Waals surface area contributed by atoms with Crippen LogP contribution in [0.2, 0.25) is 0 Å². The van der Waals surface area contributed by atoms with E-state index in [1.807, 2.05) is 12.1 Å². The fourth-order valence-corrected chi connectivity index (χ4v) is 4.05. The lowest BCUT2D eigenvalue weighted by molar-refractivity contribution is 0.415. The van der Waals surface area contributed by atoms with Gasteiger partial charge in [0.05, 0.1) is 12.6 Å². The van der Waals surface area contributed by atoms with E-state index in [0.717, 1.165) is 22.1 Å². The molecule has 0 radical (unpaired) electrons. The molecule has 2 aromatic heterocycles. The van der Waals surface area contributed by atoms with Crippen molar-refractivity contribution in [3.63, 3.8) is 0 Å².